The quantitative estimate of drug-likeness (QED) is 0.383. The third-order valence-electron chi connectivity index (χ3n) is 4.83. The first-order chi connectivity index (χ1) is 15.4. The highest BCUT2D eigenvalue weighted by Crippen LogP contribution is 2.39. The minimum absolute atomic E-state index is 0.204. The molecule has 3 heterocycles. The summed E-state index contributed by atoms with van der Waals surface area (Å²) in [6.45, 7) is 8.99. The van der Waals surface area contributed by atoms with E-state index in [0.717, 1.165) is 40.0 Å². The number of benzene rings is 1. The lowest BCUT2D eigenvalue weighted by Gasteiger charge is -2.19. The standard InChI is InChI=1S/C22H27N7O2S/c1-22(2,3)12-24-7-8-29-20-18(19(23)25-13-26-20)28-21(29)32-17-9-15(30-4)5-6-16(17)14-10-27-31-11-14/h5-6,9-11,13,24H,7-8,12H2,1-4H3,(H2,23,25,26). The normalized spacial score (nSPS) is 11.9. The van der Waals surface area contributed by atoms with Gasteiger partial charge >= 0.3 is 0 Å². The molecule has 32 heavy (non-hydrogen) atoms. The highest BCUT2D eigenvalue weighted by molar-refractivity contribution is 7.99. The van der Waals surface area contributed by atoms with E-state index < -0.39 is 0 Å². The molecule has 10 heteroatoms. The number of hydrogen-bond acceptors (Lipinski definition) is 9. The molecule has 0 radical (unpaired) electrons. The fraction of sp³-hybridized carbons (Fsp3) is 0.364. The van der Waals surface area contributed by atoms with Gasteiger partial charge in [0.2, 0.25) is 0 Å². The van der Waals surface area contributed by atoms with Crippen molar-refractivity contribution in [3.63, 3.8) is 0 Å². The summed E-state index contributed by atoms with van der Waals surface area (Å²) < 4.78 is 12.6. The van der Waals surface area contributed by atoms with Gasteiger partial charge in [0.15, 0.2) is 22.1 Å². The van der Waals surface area contributed by atoms with Crippen molar-refractivity contribution in [3.05, 3.63) is 37.0 Å². The lowest BCUT2D eigenvalue weighted by molar-refractivity contribution is 0.375. The highest BCUT2D eigenvalue weighted by Gasteiger charge is 2.19. The van der Waals surface area contributed by atoms with Gasteiger partial charge in [0.25, 0.3) is 0 Å². The SMILES string of the molecule is COc1ccc(-c2cnoc2)c(Sc2nc3c(N)ncnc3n2CCNCC(C)(C)C)c1. The van der Waals surface area contributed by atoms with Gasteiger partial charge in [0, 0.05) is 35.7 Å². The Morgan fingerprint density at radius 3 is 2.81 bits per heavy atom. The van der Waals surface area contributed by atoms with Gasteiger partial charge in [-0.05, 0) is 23.6 Å². The van der Waals surface area contributed by atoms with E-state index in [4.69, 9.17) is 20.0 Å². The van der Waals surface area contributed by atoms with Gasteiger partial charge < -0.3 is 24.9 Å². The average Bonchev–Trinajstić information content (AvgIpc) is 3.40. The summed E-state index contributed by atoms with van der Waals surface area (Å²) in [6, 6.07) is 5.87. The van der Waals surface area contributed by atoms with Crippen molar-refractivity contribution in [1.29, 1.82) is 0 Å². The van der Waals surface area contributed by atoms with E-state index >= 15 is 0 Å². The van der Waals surface area contributed by atoms with E-state index in [0.29, 0.717) is 23.5 Å². The van der Waals surface area contributed by atoms with Gasteiger partial charge in [-0.25, -0.2) is 15.0 Å². The smallest absolute Gasteiger partial charge is 0.175 e. The van der Waals surface area contributed by atoms with Crippen LogP contribution in [0.25, 0.3) is 22.3 Å². The van der Waals surface area contributed by atoms with Crippen LogP contribution in [0.5, 0.6) is 5.75 Å². The maximum Gasteiger partial charge on any atom is 0.175 e. The maximum atomic E-state index is 6.10. The van der Waals surface area contributed by atoms with Crippen LogP contribution >= 0.6 is 11.8 Å². The Kier molecular flexibility index (Phi) is 6.33. The number of rotatable bonds is 8. The molecule has 0 aliphatic carbocycles. The molecular formula is C22H27N7O2S. The van der Waals surface area contributed by atoms with Crippen molar-refractivity contribution in [1.82, 2.24) is 30.0 Å². The van der Waals surface area contributed by atoms with Gasteiger partial charge in [-0.3, -0.25) is 0 Å². The van der Waals surface area contributed by atoms with E-state index in [-0.39, 0.29) is 5.41 Å². The molecule has 0 bridgehead atoms. The zero-order chi connectivity index (χ0) is 22.7. The molecule has 3 N–H and O–H groups in total. The molecule has 0 saturated carbocycles. The number of hydrogen-bond donors (Lipinski definition) is 2. The summed E-state index contributed by atoms with van der Waals surface area (Å²) in [4.78, 5) is 14.3. The summed E-state index contributed by atoms with van der Waals surface area (Å²) in [5, 5.41) is 8.13. The molecule has 4 rings (SSSR count). The number of nitrogens with zero attached hydrogens (tertiary/aromatic N) is 5. The molecule has 0 atom stereocenters. The molecule has 0 amide bonds. The molecule has 1 aromatic carbocycles. The van der Waals surface area contributed by atoms with Crippen molar-refractivity contribution in [2.75, 3.05) is 25.9 Å². The van der Waals surface area contributed by atoms with Gasteiger partial charge in [-0.2, -0.15) is 0 Å². The Labute approximate surface area is 190 Å². The van der Waals surface area contributed by atoms with Crippen LogP contribution in [0.1, 0.15) is 20.8 Å². The van der Waals surface area contributed by atoms with Crippen LogP contribution in [-0.2, 0) is 6.54 Å². The molecule has 0 aliphatic rings. The second kappa shape index (κ2) is 9.17. The first kappa shape index (κ1) is 22.1. The van der Waals surface area contributed by atoms with Crippen LogP contribution in [0.15, 0.2) is 51.6 Å². The summed E-state index contributed by atoms with van der Waals surface area (Å²) >= 11 is 1.52. The maximum absolute atomic E-state index is 6.10. The Morgan fingerprint density at radius 1 is 1.25 bits per heavy atom. The number of nitrogen functional groups attached to an aromatic ring is 1. The van der Waals surface area contributed by atoms with Crippen LogP contribution < -0.4 is 15.8 Å². The van der Waals surface area contributed by atoms with Crippen LogP contribution in [0.2, 0.25) is 0 Å². The molecule has 4 aromatic rings. The van der Waals surface area contributed by atoms with Crippen molar-refractivity contribution in [3.8, 4) is 16.9 Å². The summed E-state index contributed by atoms with van der Waals surface area (Å²) in [5.41, 5.74) is 9.47. The summed E-state index contributed by atoms with van der Waals surface area (Å²) in [5.74, 6) is 1.12. The van der Waals surface area contributed by atoms with Crippen molar-refractivity contribution >= 4 is 28.7 Å². The molecule has 9 nitrogen and oxygen atoms in total. The minimum Gasteiger partial charge on any atom is -0.497 e. The Bertz CT molecular complexity index is 1200. The third-order valence-corrected chi connectivity index (χ3v) is 5.88. The first-order valence-corrected chi connectivity index (χ1v) is 11.1. The lowest BCUT2D eigenvalue weighted by Crippen LogP contribution is -2.29. The van der Waals surface area contributed by atoms with Gasteiger partial charge in [-0.15, -0.1) is 0 Å². The largest absolute Gasteiger partial charge is 0.497 e. The van der Waals surface area contributed by atoms with E-state index in [9.17, 15) is 0 Å². The highest BCUT2D eigenvalue weighted by atomic mass is 32.2. The Balaban J connectivity index is 1.71. The number of anilines is 1. The third kappa shape index (κ3) is 4.86. The van der Waals surface area contributed by atoms with Crippen LogP contribution in [0.4, 0.5) is 5.82 Å². The number of imidazole rings is 1. The fourth-order valence-electron chi connectivity index (χ4n) is 3.26. The molecular weight excluding hydrogens is 426 g/mol. The predicted molar refractivity (Wildman–Crippen MR) is 125 cm³/mol. The average molecular weight is 454 g/mol. The van der Waals surface area contributed by atoms with Crippen LogP contribution in [0, 0.1) is 5.41 Å². The van der Waals surface area contributed by atoms with Crippen LogP contribution in [-0.4, -0.2) is 44.9 Å². The first-order valence-electron chi connectivity index (χ1n) is 10.3. The van der Waals surface area contributed by atoms with Crippen molar-refractivity contribution in [2.24, 2.45) is 5.41 Å². The van der Waals surface area contributed by atoms with Gasteiger partial charge in [0.1, 0.15) is 18.3 Å². The molecule has 168 valence electrons. The number of nitrogens with one attached hydrogen (secondary N) is 1. The summed E-state index contributed by atoms with van der Waals surface area (Å²) in [7, 11) is 1.65. The van der Waals surface area contributed by atoms with E-state index in [1.54, 1.807) is 19.6 Å². The Hall–Kier alpha value is -3.11. The second-order valence-corrected chi connectivity index (χ2v) is 9.60. The molecule has 0 saturated heterocycles. The van der Waals surface area contributed by atoms with Crippen molar-refractivity contribution < 1.29 is 9.26 Å². The number of fused-ring (bicyclic) bond motifs is 1. The van der Waals surface area contributed by atoms with E-state index in [1.807, 2.05) is 18.2 Å². The van der Waals surface area contributed by atoms with E-state index in [2.05, 4.69) is 45.8 Å². The predicted octanol–water partition coefficient (Wildman–Crippen LogP) is 3.86. The van der Waals surface area contributed by atoms with E-state index in [1.165, 1.54) is 18.1 Å². The molecule has 0 fully saturated rings. The monoisotopic (exact) mass is 453 g/mol. The zero-order valence-corrected chi connectivity index (χ0v) is 19.4. The summed E-state index contributed by atoms with van der Waals surface area (Å²) in [6.07, 6.45) is 4.78. The van der Waals surface area contributed by atoms with Crippen LogP contribution in [0.3, 0.4) is 0 Å². The molecule has 0 unspecified atom stereocenters. The zero-order valence-electron chi connectivity index (χ0n) is 18.6. The lowest BCUT2D eigenvalue weighted by atomic mass is 9.97. The fourth-order valence-corrected chi connectivity index (χ4v) is 4.35. The minimum atomic E-state index is 0.204. The number of ether oxygens (including phenoxy) is 1. The molecule has 3 aromatic heterocycles. The van der Waals surface area contributed by atoms with Gasteiger partial charge in [0.05, 0.1) is 13.3 Å². The van der Waals surface area contributed by atoms with Crippen molar-refractivity contribution in [2.45, 2.75) is 37.4 Å². The Morgan fingerprint density at radius 2 is 2.09 bits per heavy atom. The molecule has 0 aliphatic heterocycles. The number of nitrogens with two attached hydrogens (primary N) is 1. The topological polar surface area (TPSA) is 117 Å². The molecule has 0 spiro atoms. The second-order valence-electron chi connectivity index (χ2n) is 8.59. The number of methoxy groups -OCH3 is 1. The van der Waals surface area contributed by atoms with Gasteiger partial charge in [-0.1, -0.05) is 37.7 Å². The number of aromatic nitrogens is 5.